The van der Waals surface area contributed by atoms with Crippen LogP contribution in [0.5, 0.6) is 11.5 Å². The molecule has 0 spiro atoms. The highest BCUT2D eigenvalue weighted by Crippen LogP contribution is 2.33. The summed E-state index contributed by atoms with van der Waals surface area (Å²) in [5, 5.41) is 9.83. The second-order valence-corrected chi connectivity index (χ2v) is 8.01. The van der Waals surface area contributed by atoms with Crippen molar-refractivity contribution in [1.29, 1.82) is 0 Å². The highest BCUT2D eigenvalue weighted by atomic mass is 79.9. The largest absolute Gasteiger partial charge is 0.493 e. The first-order valence-electron chi connectivity index (χ1n) is 8.94. The summed E-state index contributed by atoms with van der Waals surface area (Å²) in [6.07, 6.45) is 0. The maximum Gasteiger partial charge on any atom is 0.259 e. The fourth-order valence-corrected chi connectivity index (χ4v) is 4.29. The number of hydrogen-bond acceptors (Lipinski definition) is 6. The van der Waals surface area contributed by atoms with Gasteiger partial charge in [0.2, 0.25) is 0 Å². The van der Waals surface area contributed by atoms with Gasteiger partial charge in [0.05, 0.1) is 32.0 Å². The number of methoxy groups -OCH3 is 2. The Bertz CT molecular complexity index is 1130. The van der Waals surface area contributed by atoms with Crippen molar-refractivity contribution in [2.45, 2.75) is 6.92 Å². The molecular formula is C21H20BrN3O4S. The molecule has 2 amide bonds. The van der Waals surface area contributed by atoms with E-state index < -0.39 is 11.8 Å². The van der Waals surface area contributed by atoms with E-state index in [1.54, 1.807) is 23.5 Å². The van der Waals surface area contributed by atoms with Crippen LogP contribution in [0.3, 0.4) is 0 Å². The summed E-state index contributed by atoms with van der Waals surface area (Å²) in [4.78, 5) is 24.6. The van der Waals surface area contributed by atoms with Gasteiger partial charge in [-0.25, -0.2) is 5.43 Å². The Hall–Kier alpha value is -2.91. The fourth-order valence-electron chi connectivity index (χ4n) is 2.79. The molecule has 0 fully saturated rings. The predicted molar refractivity (Wildman–Crippen MR) is 122 cm³/mol. The first kappa shape index (κ1) is 21.8. The van der Waals surface area contributed by atoms with Gasteiger partial charge in [-0.15, -0.1) is 11.3 Å². The molecule has 0 aliphatic heterocycles. The van der Waals surface area contributed by atoms with Crippen LogP contribution in [-0.2, 0) is 4.79 Å². The van der Waals surface area contributed by atoms with E-state index in [1.807, 2.05) is 36.6 Å². The smallest absolute Gasteiger partial charge is 0.259 e. The average molecular weight is 490 g/mol. The van der Waals surface area contributed by atoms with Gasteiger partial charge in [0.1, 0.15) is 0 Å². The first-order valence-corrected chi connectivity index (χ1v) is 10.6. The number of carbonyl (C=O) groups excluding carboxylic acids is 2. The Balaban J connectivity index is 1.62. The lowest BCUT2D eigenvalue weighted by Gasteiger charge is -2.12. The zero-order chi connectivity index (χ0) is 21.7. The summed E-state index contributed by atoms with van der Waals surface area (Å²) < 4.78 is 12.1. The summed E-state index contributed by atoms with van der Waals surface area (Å²) in [6, 6.07) is 11.2. The molecule has 30 heavy (non-hydrogen) atoms. The molecule has 1 aromatic heterocycles. The van der Waals surface area contributed by atoms with Crippen molar-refractivity contribution in [3.63, 3.8) is 0 Å². The highest BCUT2D eigenvalue weighted by molar-refractivity contribution is 9.10. The minimum absolute atomic E-state index is 0.221. The van der Waals surface area contributed by atoms with Crippen LogP contribution >= 0.6 is 27.3 Å². The Morgan fingerprint density at radius 1 is 1.10 bits per heavy atom. The Labute approximate surface area is 186 Å². The topological polar surface area (TPSA) is 89.0 Å². The molecular weight excluding hydrogens is 470 g/mol. The van der Waals surface area contributed by atoms with Crippen LogP contribution in [0.15, 0.2) is 51.4 Å². The highest BCUT2D eigenvalue weighted by Gasteiger charge is 2.16. The van der Waals surface area contributed by atoms with Crippen LogP contribution < -0.4 is 20.2 Å². The molecule has 0 saturated carbocycles. The number of fused-ring (bicyclic) bond motifs is 1. The molecule has 3 rings (SSSR count). The van der Waals surface area contributed by atoms with Crippen molar-refractivity contribution in [2.75, 3.05) is 20.8 Å². The van der Waals surface area contributed by atoms with Gasteiger partial charge >= 0.3 is 0 Å². The lowest BCUT2D eigenvalue weighted by atomic mass is 10.1. The summed E-state index contributed by atoms with van der Waals surface area (Å²) in [7, 11) is 2.99. The van der Waals surface area contributed by atoms with E-state index in [0.29, 0.717) is 27.2 Å². The van der Waals surface area contributed by atoms with E-state index in [0.717, 1.165) is 15.6 Å². The number of ether oxygens (including phenoxy) is 2. The maximum atomic E-state index is 12.5. The van der Waals surface area contributed by atoms with Crippen molar-refractivity contribution in [1.82, 2.24) is 10.7 Å². The number of benzene rings is 2. The van der Waals surface area contributed by atoms with Crippen molar-refractivity contribution in [3.05, 3.63) is 57.4 Å². The second kappa shape index (κ2) is 9.73. The first-order chi connectivity index (χ1) is 14.4. The molecule has 0 saturated heterocycles. The SMILES string of the molecule is COc1cc(Br)c(C(=O)NCC(=O)NN=C(C)c2csc3ccccc23)cc1OC. The number of hydrogen-bond donors (Lipinski definition) is 2. The molecule has 0 aliphatic rings. The molecule has 3 aromatic rings. The minimum atomic E-state index is -0.432. The summed E-state index contributed by atoms with van der Waals surface area (Å²) in [5.41, 5.74) is 4.46. The van der Waals surface area contributed by atoms with E-state index in [2.05, 4.69) is 31.8 Å². The number of amides is 2. The second-order valence-electron chi connectivity index (χ2n) is 6.25. The summed E-state index contributed by atoms with van der Waals surface area (Å²) in [5.74, 6) is 0.0456. The average Bonchev–Trinajstić information content (AvgIpc) is 3.19. The molecule has 0 unspecified atom stereocenters. The normalized spacial score (nSPS) is 11.3. The third-order valence-corrected chi connectivity index (χ3v) is 5.97. The van der Waals surface area contributed by atoms with Crippen LogP contribution in [0.25, 0.3) is 10.1 Å². The summed E-state index contributed by atoms with van der Waals surface area (Å²) in [6.45, 7) is 1.61. The number of nitrogens with one attached hydrogen (secondary N) is 2. The van der Waals surface area contributed by atoms with E-state index >= 15 is 0 Å². The van der Waals surface area contributed by atoms with E-state index in [9.17, 15) is 9.59 Å². The molecule has 0 bridgehead atoms. The van der Waals surface area contributed by atoms with Crippen LogP contribution in [-0.4, -0.2) is 38.3 Å². The number of hydrazone groups is 1. The zero-order valence-corrected chi connectivity index (χ0v) is 19.0. The van der Waals surface area contributed by atoms with Gasteiger partial charge < -0.3 is 14.8 Å². The molecule has 7 nitrogen and oxygen atoms in total. The standard InChI is InChI=1S/C21H20BrN3O4S/c1-12(15-11-30-19-7-5-4-6-13(15)19)24-25-20(26)10-23-21(27)14-8-17(28-2)18(29-3)9-16(14)22/h4-9,11H,10H2,1-3H3,(H,23,27)(H,25,26). The Morgan fingerprint density at radius 2 is 1.80 bits per heavy atom. The molecule has 0 atom stereocenters. The third-order valence-electron chi connectivity index (χ3n) is 4.35. The van der Waals surface area contributed by atoms with Gasteiger partial charge in [-0.2, -0.15) is 5.10 Å². The molecule has 156 valence electrons. The molecule has 0 radical (unpaired) electrons. The quantitative estimate of drug-likeness (QED) is 0.388. The van der Waals surface area contributed by atoms with Gasteiger partial charge in [0.25, 0.3) is 11.8 Å². The fraction of sp³-hybridized carbons (Fsp3) is 0.190. The van der Waals surface area contributed by atoms with Crippen molar-refractivity contribution >= 4 is 54.9 Å². The van der Waals surface area contributed by atoms with E-state index in [4.69, 9.17) is 9.47 Å². The van der Waals surface area contributed by atoms with Crippen molar-refractivity contribution in [2.24, 2.45) is 5.10 Å². The van der Waals surface area contributed by atoms with Gasteiger partial charge in [-0.1, -0.05) is 18.2 Å². The number of halogens is 1. The predicted octanol–water partition coefficient (Wildman–Crippen LogP) is 3.95. The monoisotopic (exact) mass is 489 g/mol. The van der Waals surface area contributed by atoms with Crippen molar-refractivity contribution < 1.29 is 19.1 Å². The molecule has 2 aromatic carbocycles. The van der Waals surface area contributed by atoms with Gasteiger partial charge in [-0.3, -0.25) is 9.59 Å². The van der Waals surface area contributed by atoms with Crippen LogP contribution in [0, 0.1) is 0 Å². The number of nitrogens with zero attached hydrogens (tertiary/aromatic N) is 1. The third kappa shape index (κ3) is 4.80. The number of thiophene rings is 1. The van der Waals surface area contributed by atoms with E-state index in [-0.39, 0.29) is 6.54 Å². The van der Waals surface area contributed by atoms with Crippen LogP contribution in [0.1, 0.15) is 22.8 Å². The van der Waals surface area contributed by atoms with Crippen molar-refractivity contribution in [3.8, 4) is 11.5 Å². The minimum Gasteiger partial charge on any atom is -0.493 e. The Morgan fingerprint density at radius 3 is 2.53 bits per heavy atom. The Kier molecular flexibility index (Phi) is 7.07. The van der Waals surface area contributed by atoms with Crippen LogP contribution in [0.4, 0.5) is 0 Å². The van der Waals surface area contributed by atoms with Gasteiger partial charge in [0.15, 0.2) is 11.5 Å². The lowest BCUT2D eigenvalue weighted by molar-refractivity contribution is -0.120. The van der Waals surface area contributed by atoms with Gasteiger partial charge in [-0.05, 0) is 41.1 Å². The molecule has 1 heterocycles. The lowest BCUT2D eigenvalue weighted by Crippen LogP contribution is -2.35. The molecule has 0 aliphatic carbocycles. The number of carbonyl (C=O) groups is 2. The molecule has 2 N–H and O–H groups in total. The summed E-state index contributed by atoms with van der Waals surface area (Å²) >= 11 is 4.95. The zero-order valence-electron chi connectivity index (χ0n) is 16.6. The van der Waals surface area contributed by atoms with E-state index in [1.165, 1.54) is 14.2 Å². The van der Waals surface area contributed by atoms with Gasteiger partial charge in [0, 0.05) is 25.5 Å². The maximum absolute atomic E-state index is 12.5. The molecule has 9 heteroatoms. The number of rotatable bonds is 7. The van der Waals surface area contributed by atoms with Crippen LogP contribution in [0.2, 0.25) is 0 Å².